The molecule has 0 amide bonds. The van der Waals surface area contributed by atoms with E-state index < -0.39 is 11.7 Å². The summed E-state index contributed by atoms with van der Waals surface area (Å²) in [6.45, 7) is 0. The molecule has 0 aliphatic carbocycles. The van der Waals surface area contributed by atoms with Crippen molar-refractivity contribution in [3.63, 3.8) is 0 Å². The van der Waals surface area contributed by atoms with E-state index in [1.807, 2.05) is 0 Å². The number of hydrogen-bond acceptors (Lipinski definition) is 0. The SMILES string of the molecule is C[Te]Cc1ccc(C(F)(F)F)cc1. The number of halogens is 3. The maximum atomic E-state index is 12.1. The summed E-state index contributed by atoms with van der Waals surface area (Å²) in [6, 6.07) is 5.43. The van der Waals surface area contributed by atoms with Crippen LogP contribution in [0.15, 0.2) is 24.3 Å². The monoisotopic (exact) mass is 304 g/mol. The molecule has 0 aromatic heterocycles. The predicted octanol–water partition coefficient (Wildman–Crippen LogP) is 2.96. The zero-order chi connectivity index (χ0) is 9.90. The van der Waals surface area contributed by atoms with Gasteiger partial charge >= 0.3 is 85.1 Å². The molecule has 0 heterocycles. The minimum absolute atomic E-state index is 0.0440. The molecule has 0 aliphatic rings. The zero-order valence-corrected chi connectivity index (χ0v) is 9.39. The van der Waals surface area contributed by atoms with Gasteiger partial charge in [-0.15, -0.1) is 0 Å². The Balaban J connectivity index is 2.81. The molecular formula is C9H9F3Te. The molecule has 0 atom stereocenters. The van der Waals surface area contributed by atoms with Gasteiger partial charge in [0.05, 0.1) is 0 Å². The van der Waals surface area contributed by atoms with Gasteiger partial charge in [-0.05, 0) is 0 Å². The average molecular weight is 302 g/mol. The quantitative estimate of drug-likeness (QED) is 0.737. The molecule has 0 saturated heterocycles. The molecule has 1 aromatic carbocycles. The van der Waals surface area contributed by atoms with E-state index >= 15 is 0 Å². The van der Waals surface area contributed by atoms with Gasteiger partial charge in [-0.2, -0.15) is 0 Å². The van der Waals surface area contributed by atoms with Crippen molar-refractivity contribution in [2.75, 3.05) is 0 Å². The van der Waals surface area contributed by atoms with E-state index in [9.17, 15) is 13.2 Å². The van der Waals surface area contributed by atoms with Gasteiger partial charge in [-0.25, -0.2) is 0 Å². The molecule has 72 valence electrons. The fraction of sp³-hybridized carbons (Fsp3) is 0.333. The zero-order valence-electron chi connectivity index (χ0n) is 7.06. The van der Waals surface area contributed by atoms with Crippen LogP contribution in [0.2, 0.25) is 4.97 Å². The molecule has 1 rings (SSSR count). The summed E-state index contributed by atoms with van der Waals surface area (Å²) < 4.78 is 37.3. The number of benzene rings is 1. The van der Waals surface area contributed by atoms with Crippen LogP contribution in [0.1, 0.15) is 11.1 Å². The normalized spacial score (nSPS) is 11.7. The topological polar surface area (TPSA) is 0 Å². The Morgan fingerprint density at radius 1 is 1.15 bits per heavy atom. The third-order valence-electron chi connectivity index (χ3n) is 1.59. The van der Waals surface area contributed by atoms with Crippen LogP contribution in [0, 0.1) is 0 Å². The second-order valence-corrected chi connectivity index (χ2v) is 5.10. The first-order valence-corrected chi connectivity index (χ1v) is 7.67. The van der Waals surface area contributed by atoms with Crippen LogP contribution in [-0.4, -0.2) is 20.9 Å². The molecular weight excluding hydrogens is 293 g/mol. The van der Waals surface area contributed by atoms with Crippen molar-refractivity contribution >= 4 is 20.9 Å². The van der Waals surface area contributed by atoms with Crippen molar-refractivity contribution in [2.24, 2.45) is 0 Å². The summed E-state index contributed by atoms with van der Waals surface area (Å²) >= 11 is -0.0440. The fourth-order valence-electron chi connectivity index (χ4n) is 0.957. The molecule has 0 radical (unpaired) electrons. The molecule has 13 heavy (non-hydrogen) atoms. The van der Waals surface area contributed by atoms with Gasteiger partial charge in [0.15, 0.2) is 0 Å². The summed E-state index contributed by atoms with van der Waals surface area (Å²) in [5.74, 6) is 0. The van der Waals surface area contributed by atoms with Gasteiger partial charge in [0.1, 0.15) is 0 Å². The maximum absolute atomic E-state index is 12.1. The predicted molar refractivity (Wildman–Crippen MR) is 46.8 cm³/mol. The second-order valence-electron chi connectivity index (χ2n) is 2.63. The van der Waals surface area contributed by atoms with Crippen molar-refractivity contribution < 1.29 is 13.2 Å². The second kappa shape index (κ2) is 4.34. The molecule has 0 N–H and O–H groups in total. The van der Waals surface area contributed by atoms with Crippen molar-refractivity contribution in [3.8, 4) is 0 Å². The molecule has 0 bridgehead atoms. The molecule has 0 saturated carbocycles. The molecule has 0 fully saturated rings. The summed E-state index contributed by atoms with van der Waals surface area (Å²) in [4.78, 5) is 2.13. The molecule has 0 aliphatic heterocycles. The molecule has 4 heteroatoms. The van der Waals surface area contributed by atoms with Crippen LogP contribution in [-0.2, 0) is 10.6 Å². The van der Waals surface area contributed by atoms with E-state index in [-0.39, 0.29) is 20.9 Å². The third-order valence-corrected chi connectivity index (χ3v) is 3.37. The minimum atomic E-state index is -4.21. The first-order chi connectivity index (χ1) is 6.04. The fourth-order valence-corrected chi connectivity index (χ4v) is 2.46. The van der Waals surface area contributed by atoms with E-state index in [0.29, 0.717) is 0 Å². The molecule has 1 aromatic rings. The Morgan fingerprint density at radius 3 is 2.08 bits per heavy atom. The van der Waals surface area contributed by atoms with Gasteiger partial charge in [0, 0.05) is 0 Å². The van der Waals surface area contributed by atoms with Crippen LogP contribution < -0.4 is 0 Å². The van der Waals surface area contributed by atoms with Crippen molar-refractivity contribution in [1.82, 2.24) is 0 Å². The number of rotatable bonds is 2. The van der Waals surface area contributed by atoms with E-state index in [0.717, 1.165) is 22.2 Å². The van der Waals surface area contributed by atoms with Gasteiger partial charge in [-0.1, -0.05) is 0 Å². The molecule has 0 spiro atoms. The number of hydrogen-bond donors (Lipinski definition) is 0. The third kappa shape index (κ3) is 3.21. The van der Waals surface area contributed by atoms with Gasteiger partial charge < -0.3 is 0 Å². The Labute approximate surface area is 85.2 Å². The summed E-state index contributed by atoms with van der Waals surface area (Å²) in [6.07, 6.45) is -4.21. The average Bonchev–Trinajstić information content (AvgIpc) is 2.04. The Hall–Kier alpha value is -0.200. The standard InChI is InChI=1S/C9H9F3Te/c1-13-6-7-2-4-8(5-3-7)9(10,11)12/h2-5H,6H2,1H3. The van der Waals surface area contributed by atoms with E-state index in [4.69, 9.17) is 0 Å². The van der Waals surface area contributed by atoms with Crippen LogP contribution in [0.3, 0.4) is 0 Å². The molecule has 0 nitrogen and oxygen atoms in total. The van der Waals surface area contributed by atoms with Gasteiger partial charge in [0.2, 0.25) is 0 Å². The van der Waals surface area contributed by atoms with E-state index in [2.05, 4.69) is 4.97 Å². The summed E-state index contributed by atoms with van der Waals surface area (Å²) in [5, 5.41) is 0. The van der Waals surface area contributed by atoms with E-state index in [1.54, 1.807) is 12.1 Å². The first-order valence-electron chi connectivity index (χ1n) is 3.69. The number of alkyl halides is 3. The van der Waals surface area contributed by atoms with Crippen molar-refractivity contribution in [3.05, 3.63) is 35.4 Å². The van der Waals surface area contributed by atoms with Crippen LogP contribution in [0.25, 0.3) is 0 Å². The van der Waals surface area contributed by atoms with Crippen LogP contribution >= 0.6 is 0 Å². The van der Waals surface area contributed by atoms with Crippen molar-refractivity contribution in [2.45, 2.75) is 15.6 Å². The van der Waals surface area contributed by atoms with Gasteiger partial charge in [0.25, 0.3) is 0 Å². The van der Waals surface area contributed by atoms with Gasteiger partial charge in [-0.3, -0.25) is 0 Å². The Bertz CT molecular complexity index is 263. The summed E-state index contributed by atoms with van der Waals surface area (Å²) in [7, 11) is 0. The van der Waals surface area contributed by atoms with Crippen LogP contribution in [0.5, 0.6) is 0 Å². The first kappa shape index (κ1) is 10.9. The molecule has 0 unspecified atom stereocenters. The van der Waals surface area contributed by atoms with Crippen molar-refractivity contribution in [1.29, 1.82) is 0 Å². The van der Waals surface area contributed by atoms with Crippen LogP contribution in [0.4, 0.5) is 13.2 Å². The van der Waals surface area contributed by atoms with E-state index in [1.165, 1.54) is 0 Å². The Morgan fingerprint density at radius 2 is 1.69 bits per heavy atom. The Kier molecular flexibility index (Phi) is 3.63. The summed E-state index contributed by atoms with van der Waals surface area (Å²) in [5.41, 5.74) is 0.450.